The zero-order valence-electron chi connectivity index (χ0n) is 13.6. The number of para-hydroxylation sites is 2. The van der Waals surface area contributed by atoms with E-state index in [1.165, 1.54) is 24.4 Å². The van der Waals surface area contributed by atoms with Crippen LogP contribution in [0.3, 0.4) is 0 Å². The molecule has 0 aliphatic carbocycles. The summed E-state index contributed by atoms with van der Waals surface area (Å²) in [4.78, 5) is 24.7. The highest BCUT2D eigenvalue weighted by Gasteiger charge is 2.17. The summed E-state index contributed by atoms with van der Waals surface area (Å²) >= 11 is 0. The Morgan fingerprint density at radius 2 is 2.12 bits per heavy atom. The van der Waals surface area contributed by atoms with Crippen LogP contribution in [0.5, 0.6) is 0 Å². The van der Waals surface area contributed by atoms with Crippen LogP contribution in [0.2, 0.25) is 0 Å². The van der Waals surface area contributed by atoms with Crippen molar-refractivity contribution in [2.45, 2.75) is 0 Å². The Bertz CT molecular complexity index is 692. The minimum Gasteiger partial charge on any atom is -0.388 e. The Labute approximate surface area is 145 Å². The number of amides is 1. The van der Waals surface area contributed by atoms with E-state index >= 15 is 0 Å². The maximum absolute atomic E-state index is 12.1. The quantitative estimate of drug-likeness (QED) is 0.247. The minimum absolute atomic E-state index is 0.0481. The van der Waals surface area contributed by atoms with Crippen LogP contribution in [0.4, 0.5) is 11.4 Å². The first kappa shape index (κ1) is 18.4. The number of carbonyl (C=O) groups is 1. The fourth-order valence-corrected chi connectivity index (χ4v) is 2.30. The van der Waals surface area contributed by atoms with Crippen molar-refractivity contribution in [2.75, 3.05) is 44.7 Å². The van der Waals surface area contributed by atoms with Crippen molar-refractivity contribution in [1.82, 2.24) is 10.2 Å². The maximum Gasteiger partial charge on any atom is 0.292 e. The standard InChI is InChI=1S/C16H19N5O4/c17-11-13(12-18-5-6-20-7-9-25-10-8-20)16(22)19-14-3-1-2-4-15(14)21(23)24/h1-4,12,18H,5-10H2,(H,19,22)/b13-12-. The molecule has 9 nitrogen and oxygen atoms in total. The monoisotopic (exact) mass is 345 g/mol. The molecule has 132 valence electrons. The highest BCUT2D eigenvalue weighted by molar-refractivity contribution is 6.07. The number of nitrogens with zero attached hydrogens (tertiary/aromatic N) is 3. The van der Waals surface area contributed by atoms with Gasteiger partial charge < -0.3 is 15.4 Å². The second-order valence-corrected chi connectivity index (χ2v) is 5.31. The molecule has 1 saturated heterocycles. The number of anilines is 1. The molecule has 9 heteroatoms. The molecule has 0 radical (unpaired) electrons. The van der Waals surface area contributed by atoms with Gasteiger partial charge in [0.2, 0.25) is 0 Å². The van der Waals surface area contributed by atoms with Gasteiger partial charge >= 0.3 is 0 Å². The second-order valence-electron chi connectivity index (χ2n) is 5.31. The van der Waals surface area contributed by atoms with Crippen LogP contribution in [0.15, 0.2) is 36.0 Å². The van der Waals surface area contributed by atoms with E-state index in [1.54, 1.807) is 12.1 Å². The van der Waals surface area contributed by atoms with Crippen molar-refractivity contribution in [3.63, 3.8) is 0 Å². The van der Waals surface area contributed by atoms with Gasteiger partial charge in [0.15, 0.2) is 0 Å². The third kappa shape index (κ3) is 5.56. The van der Waals surface area contributed by atoms with E-state index in [2.05, 4.69) is 15.5 Å². The number of nitriles is 1. The molecule has 0 aromatic heterocycles. The minimum atomic E-state index is -0.698. The lowest BCUT2D eigenvalue weighted by Gasteiger charge is -2.26. The summed E-state index contributed by atoms with van der Waals surface area (Å²) in [6.45, 7) is 4.46. The molecule has 1 aliphatic heterocycles. The number of rotatable bonds is 7. The van der Waals surface area contributed by atoms with Crippen molar-refractivity contribution in [3.05, 3.63) is 46.2 Å². The normalized spacial score (nSPS) is 15.2. The van der Waals surface area contributed by atoms with Gasteiger partial charge in [-0.05, 0) is 6.07 Å². The van der Waals surface area contributed by atoms with Crippen molar-refractivity contribution >= 4 is 17.3 Å². The van der Waals surface area contributed by atoms with Crippen LogP contribution in [-0.2, 0) is 9.53 Å². The zero-order valence-corrected chi connectivity index (χ0v) is 13.6. The number of carbonyl (C=O) groups excluding carboxylic acids is 1. The van der Waals surface area contributed by atoms with Gasteiger partial charge in [-0.1, -0.05) is 12.1 Å². The van der Waals surface area contributed by atoms with Gasteiger partial charge in [0.25, 0.3) is 11.6 Å². The number of nitrogens with one attached hydrogen (secondary N) is 2. The van der Waals surface area contributed by atoms with E-state index in [-0.39, 0.29) is 16.9 Å². The lowest BCUT2D eigenvalue weighted by Crippen LogP contribution is -2.39. The number of nitro groups is 1. The zero-order chi connectivity index (χ0) is 18.1. The molecule has 1 amide bonds. The summed E-state index contributed by atoms with van der Waals surface area (Å²) in [7, 11) is 0. The average molecular weight is 345 g/mol. The third-order valence-corrected chi connectivity index (χ3v) is 3.64. The van der Waals surface area contributed by atoms with E-state index in [4.69, 9.17) is 10.00 Å². The van der Waals surface area contributed by atoms with Gasteiger partial charge in [-0.2, -0.15) is 5.26 Å². The van der Waals surface area contributed by atoms with Gasteiger partial charge in [-0.15, -0.1) is 0 Å². The van der Waals surface area contributed by atoms with Crippen LogP contribution in [-0.4, -0.2) is 55.1 Å². The van der Waals surface area contributed by atoms with E-state index in [0.717, 1.165) is 19.6 Å². The number of morpholine rings is 1. The molecule has 0 unspecified atom stereocenters. The summed E-state index contributed by atoms with van der Waals surface area (Å²) in [5, 5.41) is 25.4. The Hall–Kier alpha value is -2.96. The van der Waals surface area contributed by atoms with E-state index in [0.29, 0.717) is 19.8 Å². The molecule has 2 rings (SSSR count). The van der Waals surface area contributed by atoms with Gasteiger partial charge in [-0.25, -0.2) is 0 Å². The molecule has 0 atom stereocenters. The number of hydrogen-bond acceptors (Lipinski definition) is 7. The van der Waals surface area contributed by atoms with Gasteiger partial charge in [0.05, 0.1) is 18.1 Å². The molecule has 25 heavy (non-hydrogen) atoms. The topological polar surface area (TPSA) is 121 Å². The van der Waals surface area contributed by atoms with Crippen LogP contribution in [0, 0.1) is 21.4 Å². The predicted molar refractivity (Wildman–Crippen MR) is 90.7 cm³/mol. The fraction of sp³-hybridized carbons (Fsp3) is 0.375. The molecule has 1 aromatic rings. The third-order valence-electron chi connectivity index (χ3n) is 3.64. The first-order chi connectivity index (χ1) is 12.1. The number of ether oxygens (including phenoxy) is 1. The van der Waals surface area contributed by atoms with Crippen LogP contribution in [0.1, 0.15) is 0 Å². The van der Waals surface area contributed by atoms with E-state index in [1.807, 2.05) is 0 Å². The lowest BCUT2D eigenvalue weighted by molar-refractivity contribution is -0.383. The molecular formula is C16H19N5O4. The summed E-state index contributed by atoms with van der Waals surface area (Å²) in [5.74, 6) is -0.698. The molecule has 2 N–H and O–H groups in total. The average Bonchev–Trinajstić information content (AvgIpc) is 2.63. The molecule has 1 heterocycles. The van der Waals surface area contributed by atoms with Gasteiger partial charge in [0, 0.05) is 38.4 Å². The number of nitro benzene ring substituents is 1. The molecule has 0 spiro atoms. The highest BCUT2D eigenvalue weighted by Crippen LogP contribution is 2.23. The van der Waals surface area contributed by atoms with E-state index in [9.17, 15) is 14.9 Å². The van der Waals surface area contributed by atoms with Crippen molar-refractivity contribution in [2.24, 2.45) is 0 Å². The molecule has 1 aromatic carbocycles. The van der Waals surface area contributed by atoms with Gasteiger partial charge in [-0.3, -0.25) is 19.8 Å². The van der Waals surface area contributed by atoms with E-state index < -0.39 is 10.8 Å². The number of hydrogen-bond donors (Lipinski definition) is 2. The largest absolute Gasteiger partial charge is 0.388 e. The smallest absolute Gasteiger partial charge is 0.292 e. The van der Waals surface area contributed by atoms with Crippen molar-refractivity contribution < 1.29 is 14.5 Å². The van der Waals surface area contributed by atoms with Crippen molar-refractivity contribution in [3.8, 4) is 6.07 Å². The molecule has 1 aliphatic rings. The molecule has 1 fully saturated rings. The SMILES string of the molecule is N#C/C(=C/NCCN1CCOCC1)C(=O)Nc1ccccc1[N+](=O)[O-]. The summed E-state index contributed by atoms with van der Waals surface area (Å²) in [6.07, 6.45) is 1.32. The fourth-order valence-electron chi connectivity index (χ4n) is 2.30. The number of benzene rings is 1. The van der Waals surface area contributed by atoms with Crippen LogP contribution < -0.4 is 10.6 Å². The van der Waals surface area contributed by atoms with Gasteiger partial charge in [0.1, 0.15) is 17.3 Å². The Morgan fingerprint density at radius 3 is 2.80 bits per heavy atom. The summed E-state index contributed by atoms with van der Waals surface area (Å²) in [5.41, 5.74) is -0.333. The summed E-state index contributed by atoms with van der Waals surface area (Å²) in [6, 6.07) is 7.56. The molecular weight excluding hydrogens is 326 g/mol. The first-order valence-electron chi connectivity index (χ1n) is 7.80. The molecule has 0 bridgehead atoms. The first-order valence-corrected chi connectivity index (χ1v) is 7.80. The Morgan fingerprint density at radius 1 is 1.40 bits per heavy atom. The highest BCUT2D eigenvalue weighted by atomic mass is 16.6. The predicted octanol–water partition coefficient (Wildman–Crippen LogP) is 0.863. The maximum atomic E-state index is 12.1. The second kappa shape index (κ2) is 9.36. The summed E-state index contributed by atoms with van der Waals surface area (Å²) < 4.78 is 5.26. The Balaban J connectivity index is 1.90. The lowest BCUT2D eigenvalue weighted by atomic mass is 10.2. The van der Waals surface area contributed by atoms with Crippen molar-refractivity contribution in [1.29, 1.82) is 5.26 Å². The molecule has 0 saturated carbocycles. The van der Waals surface area contributed by atoms with Crippen LogP contribution in [0.25, 0.3) is 0 Å². The Kier molecular flexibility index (Phi) is 6.88. The van der Waals surface area contributed by atoms with Crippen LogP contribution >= 0.6 is 0 Å².